The highest BCUT2D eigenvalue weighted by Crippen LogP contribution is 2.21. The van der Waals surface area contributed by atoms with Gasteiger partial charge < -0.3 is 19.5 Å². The Balaban J connectivity index is 1.70. The number of aromatic nitrogens is 2. The number of hydrogen-bond donors (Lipinski definition) is 1. The zero-order chi connectivity index (χ0) is 23.8. The number of methoxy groups -OCH3 is 1. The first-order valence-corrected chi connectivity index (χ1v) is 11.4. The van der Waals surface area contributed by atoms with Crippen molar-refractivity contribution in [1.82, 2.24) is 15.1 Å². The maximum Gasteiger partial charge on any atom is 0.338 e. The smallest absolute Gasteiger partial charge is 0.338 e. The van der Waals surface area contributed by atoms with E-state index in [1.807, 2.05) is 18.5 Å². The number of hydrogen-bond acceptors (Lipinski definition) is 6. The normalized spacial score (nSPS) is 15.7. The second-order valence-corrected chi connectivity index (χ2v) is 8.18. The highest BCUT2D eigenvalue weighted by molar-refractivity contribution is 5.96. The van der Waals surface area contributed by atoms with E-state index in [0.717, 1.165) is 24.2 Å². The summed E-state index contributed by atoms with van der Waals surface area (Å²) in [6.07, 6.45) is 2.90. The number of esters is 1. The zero-order valence-corrected chi connectivity index (χ0v) is 19.5. The van der Waals surface area contributed by atoms with Gasteiger partial charge >= 0.3 is 5.97 Å². The average Bonchev–Trinajstić information content (AvgIpc) is 3.14. The Morgan fingerprint density at radius 1 is 1.33 bits per heavy atom. The second-order valence-electron chi connectivity index (χ2n) is 8.18. The minimum Gasteiger partial charge on any atom is -0.494 e. The van der Waals surface area contributed by atoms with Crippen LogP contribution in [0, 0.1) is 11.7 Å². The summed E-state index contributed by atoms with van der Waals surface area (Å²) in [4.78, 5) is 25.3. The summed E-state index contributed by atoms with van der Waals surface area (Å²) in [5, 5.41) is 7.67. The highest BCUT2D eigenvalue weighted by Gasteiger charge is 2.24. The standard InChI is InChI=1S/C24H32FN3O5/c1-4-19-22-20(7-5-11-32-12-6-10-26-23(22)29)28(27-19)14-16(2)15-33-24(30)17-8-9-18(25)21(13-17)31-3/h8-9,13,16H,4-7,10-12,14-15H2,1-3H3,(H,26,29)/t16-/m1/s1. The third-order valence-corrected chi connectivity index (χ3v) is 5.52. The number of benzene rings is 1. The summed E-state index contributed by atoms with van der Waals surface area (Å²) in [5.41, 5.74) is 2.53. The van der Waals surface area contributed by atoms with Crippen LogP contribution in [0.25, 0.3) is 0 Å². The lowest BCUT2D eigenvalue weighted by atomic mass is 10.1. The SMILES string of the molecule is CCc1nn(C[C@@H](C)COC(=O)c2ccc(F)c(OC)c2)c2c1C(=O)NCCCOCCC2. The largest absolute Gasteiger partial charge is 0.494 e. The number of carbonyl (C=O) groups is 2. The summed E-state index contributed by atoms with van der Waals surface area (Å²) in [6.45, 7) is 6.41. The van der Waals surface area contributed by atoms with Gasteiger partial charge in [-0.2, -0.15) is 5.10 Å². The van der Waals surface area contributed by atoms with Gasteiger partial charge in [0.15, 0.2) is 11.6 Å². The third kappa shape index (κ3) is 6.31. The molecule has 3 rings (SSSR count). The second kappa shape index (κ2) is 11.8. The summed E-state index contributed by atoms with van der Waals surface area (Å²) < 4.78 is 31.4. The Kier molecular flexibility index (Phi) is 8.82. The van der Waals surface area contributed by atoms with Crippen molar-refractivity contribution in [2.45, 2.75) is 46.1 Å². The number of aryl methyl sites for hydroxylation is 1. The van der Waals surface area contributed by atoms with Gasteiger partial charge in [-0.3, -0.25) is 9.48 Å². The van der Waals surface area contributed by atoms with Gasteiger partial charge in [0.2, 0.25) is 0 Å². The average molecular weight is 462 g/mol. The fraction of sp³-hybridized carbons (Fsp3) is 0.542. The van der Waals surface area contributed by atoms with Gasteiger partial charge in [0, 0.05) is 32.2 Å². The highest BCUT2D eigenvalue weighted by atomic mass is 19.1. The van der Waals surface area contributed by atoms with Crippen molar-refractivity contribution in [3.8, 4) is 5.75 Å². The fourth-order valence-electron chi connectivity index (χ4n) is 3.81. The fourth-order valence-corrected chi connectivity index (χ4v) is 3.81. The van der Waals surface area contributed by atoms with E-state index >= 15 is 0 Å². The Morgan fingerprint density at radius 2 is 2.12 bits per heavy atom. The molecule has 0 spiro atoms. The molecule has 0 saturated heterocycles. The van der Waals surface area contributed by atoms with Crippen LogP contribution >= 0.6 is 0 Å². The maximum absolute atomic E-state index is 13.6. The number of amides is 1. The molecule has 1 N–H and O–H groups in total. The predicted octanol–water partition coefficient (Wildman–Crippen LogP) is 3.17. The zero-order valence-electron chi connectivity index (χ0n) is 19.5. The first kappa shape index (κ1) is 24.7. The predicted molar refractivity (Wildman–Crippen MR) is 120 cm³/mol. The molecule has 8 nitrogen and oxygen atoms in total. The van der Waals surface area contributed by atoms with Crippen LogP contribution in [0.1, 0.15) is 58.8 Å². The Hall–Kier alpha value is -2.94. The molecule has 1 aliphatic rings. The number of ether oxygens (including phenoxy) is 3. The molecule has 1 aromatic heterocycles. The quantitative estimate of drug-likeness (QED) is 0.637. The van der Waals surface area contributed by atoms with Crippen LogP contribution in [0.2, 0.25) is 0 Å². The molecule has 9 heteroatoms. The maximum atomic E-state index is 13.6. The van der Waals surface area contributed by atoms with Crippen LogP contribution in [0.3, 0.4) is 0 Å². The molecule has 1 atom stereocenters. The molecule has 2 aromatic rings. The Bertz CT molecular complexity index is 975. The minimum atomic E-state index is -0.550. The molecule has 0 aliphatic carbocycles. The molecule has 0 radical (unpaired) electrons. The lowest BCUT2D eigenvalue weighted by molar-refractivity contribution is 0.0435. The van der Waals surface area contributed by atoms with E-state index in [4.69, 9.17) is 19.3 Å². The molecule has 0 bridgehead atoms. The molecule has 0 saturated carbocycles. The molecule has 1 aliphatic heterocycles. The van der Waals surface area contributed by atoms with E-state index < -0.39 is 11.8 Å². The van der Waals surface area contributed by atoms with Crippen molar-refractivity contribution in [3.05, 3.63) is 46.5 Å². The molecule has 33 heavy (non-hydrogen) atoms. The summed E-state index contributed by atoms with van der Waals surface area (Å²) in [7, 11) is 1.34. The van der Waals surface area contributed by atoms with Gasteiger partial charge in [-0.25, -0.2) is 9.18 Å². The molecular weight excluding hydrogens is 429 g/mol. The Morgan fingerprint density at radius 3 is 2.88 bits per heavy atom. The lowest BCUT2D eigenvalue weighted by Crippen LogP contribution is -2.27. The third-order valence-electron chi connectivity index (χ3n) is 5.52. The van der Waals surface area contributed by atoms with Gasteiger partial charge in [0.05, 0.1) is 36.2 Å². The van der Waals surface area contributed by atoms with E-state index in [9.17, 15) is 14.0 Å². The van der Waals surface area contributed by atoms with Crippen molar-refractivity contribution < 1.29 is 28.2 Å². The van der Waals surface area contributed by atoms with Gasteiger partial charge in [0.1, 0.15) is 0 Å². The summed E-state index contributed by atoms with van der Waals surface area (Å²) in [5.74, 6) is -1.25. The first-order valence-electron chi connectivity index (χ1n) is 11.4. The van der Waals surface area contributed by atoms with Gasteiger partial charge in [-0.15, -0.1) is 0 Å². The number of rotatable bonds is 7. The number of halogens is 1. The number of carbonyl (C=O) groups excluding carboxylic acids is 2. The van der Waals surface area contributed by atoms with Crippen molar-refractivity contribution in [3.63, 3.8) is 0 Å². The molecule has 180 valence electrons. The van der Waals surface area contributed by atoms with Gasteiger partial charge in [0.25, 0.3) is 5.91 Å². The lowest BCUT2D eigenvalue weighted by Gasteiger charge is -2.15. The summed E-state index contributed by atoms with van der Waals surface area (Å²) in [6, 6.07) is 3.86. The van der Waals surface area contributed by atoms with E-state index in [2.05, 4.69) is 5.32 Å². The first-order chi connectivity index (χ1) is 15.9. The van der Waals surface area contributed by atoms with Crippen molar-refractivity contribution in [2.24, 2.45) is 5.92 Å². The van der Waals surface area contributed by atoms with Crippen molar-refractivity contribution >= 4 is 11.9 Å². The van der Waals surface area contributed by atoms with E-state index in [0.29, 0.717) is 44.7 Å². The van der Waals surface area contributed by atoms with Crippen LogP contribution in [-0.2, 0) is 28.9 Å². The van der Waals surface area contributed by atoms with E-state index in [-0.39, 0.29) is 29.7 Å². The molecular formula is C24H32FN3O5. The van der Waals surface area contributed by atoms with Crippen LogP contribution in [-0.4, -0.2) is 55.1 Å². The van der Waals surface area contributed by atoms with Gasteiger partial charge in [-0.05, 0) is 43.9 Å². The molecule has 2 heterocycles. The van der Waals surface area contributed by atoms with Crippen molar-refractivity contribution in [2.75, 3.05) is 33.5 Å². The molecule has 0 fully saturated rings. The molecule has 0 unspecified atom stereocenters. The van der Waals surface area contributed by atoms with Crippen LogP contribution in [0.4, 0.5) is 4.39 Å². The summed E-state index contributed by atoms with van der Waals surface area (Å²) >= 11 is 0. The molecule has 1 amide bonds. The van der Waals surface area contributed by atoms with E-state index in [1.54, 1.807) is 0 Å². The monoisotopic (exact) mass is 461 g/mol. The number of fused-ring (bicyclic) bond motifs is 1. The number of nitrogens with zero attached hydrogens (tertiary/aromatic N) is 2. The van der Waals surface area contributed by atoms with Crippen LogP contribution < -0.4 is 10.1 Å². The minimum absolute atomic E-state index is 0.00970. The van der Waals surface area contributed by atoms with Crippen LogP contribution in [0.15, 0.2) is 18.2 Å². The van der Waals surface area contributed by atoms with E-state index in [1.165, 1.54) is 25.3 Å². The van der Waals surface area contributed by atoms with Crippen molar-refractivity contribution in [1.29, 1.82) is 0 Å². The Labute approximate surface area is 193 Å². The topological polar surface area (TPSA) is 91.7 Å². The number of nitrogens with one attached hydrogen (secondary N) is 1. The van der Waals surface area contributed by atoms with Gasteiger partial charge in [-0.1, -0.05) is 13.8 Å². The van der Waals surface area contributed by atoms with Crippen LogP contribution in [0.5, 0.6) is 5.75 Å². The molecule has 1 aromatic carbocycles.